The number of anilines is 1. The first-order chi connectivity index (χ1) is 11.4. The number of rotatable bonds is 5. The highest BCUT2D eigenvalue weighted by Crippen LogP contribution is 2.28. The van der Waals surface area contributed by atoms with Crippen molar-refractivity contribution in [1.82, 2.24) is 0 Å². The zero-order chi connectivity index (χ0) is 17.7. The first-order valence-electron chi connectivity index (χ1n) is 7.42. The Morgan fingerprint density at radius 3 is 2.42 bits per heavy atom. The van der Waals surface area contributed by atoms with Gasteiger partial charge >= 0.3 is 0 Å². The summed E-state index contributed by atoms with van der Waals surface area (Å²) in [6, 6.07) is 10.8. The van der Waals surface area contributed by atoms with Crippen molar-refractivity contribution >= 4 is 29.3 Å². The van der Waals surface area contributed by atoms with Crippen LogP contribution in [-0.4, -0.2) is 20.1 Å². The van der Waals surface area contributed by atoms with Gasteiger partial charge < -0.3 is 14.8 Å². The lowest BCUT2D eigenvalue weighted by Gasteiger charge is -2.10. The van der Waals surface area contributed by atoms with Gasteiger partial charge in [-0.3, -0.25) is 4.79 Å². The van der Waals surface area contributed by atoms with E-state index in [4.69, 9.17) is 21.1 Å². The van der Waals surface area contributed by atoms with E-state index >= 15 is 0 Å². The first kappa shape index (κ1) is 17.9. The number of aryl methyl sites for hydroxylation is 1. The van der Waals surface area contributed by atoms with Gasteiger partial charge in [-0.05, 0) is 61.4 Å². The van der Waals surface area contributed by atoms with Crippen LogP contribution in [0.2, 0.25) is 5.02 Å². The Morgan fingerprint density at radius 2 is 1.79 bits per heavy atom. The van der Waals surface area contributed by atoms with Crippen LogP contribution in [0, 0.1) is 6.92 Å². The summed E-state index contributed by atoms with van der Waals surface area (Å²) in [5.74, 6) is 1.09. The van der Waals surface area contributed by atoms with Gasteiger partial charge in [-0.15, -0.1) is 0 Å². The normalized spacial score (nSPS) is 11.1. The number of hydrogen-bond acceptors (Lipinski definition) is 3. The number of nitrogens with one attached hydrogen (secondary N) is 1. The molecule has 0 atom stereocenters. The number of methoxy groups -OCH3 is 2. The number of benzene rings is 2. The van der Waals surface area contributed by atoms with E-state index in [0.29, 0.717) is 22.1 Å². The second kappa shape index (κ2) is 7.88. The molecule has 0 fully saturated rings. The van der Waals surface area contributed by atoms with E-state index in [-0.39, 0.29) is 5.91 Å². The number of ether oxygens (including phenoxy) is 2. The lowest BCUT2D eigenvalue weighted by atomic mass is 10.1. The highest BCUT2D eigenvalue weighted by Gasteiger charge is 2.09. The fourth-order valence-corrected chi connectivity index (χ4v) is 2.47. The second-order valence-corrected chi connectivity index (χ2v) is 5.79. The molecule has 0 aromatic heterocycles. The molecule has 24 heavy (non-hydrogen) atoms. The van der Waals surface area contributed by atoms with Crippen molar-refractivity contribution in [3.05, 3.63) is 58.1 Å². The molecule has 126 valence electrons. The maximum absolute atomic E-state index is 12.4. The Bertz CT molecular complexity index is 784. The molecule has 0 radical (unpaired) electrons. The first-order valence-corrected chi connectivity index (χ1v) is 7.80. The Morgan fingerprint density at radius 1 is 1.08 bits per heavy atom. The second-order valence-electron chi connectivity index (χ2n) is 5.36. The third-order valence-electron chi connectivity index (χ3n) is 3.59. The van der Waals surface area contributed by atoms with Crippen LogP contribution in [0.25, 0.3) is 6.08 Å². The minimum absolute atomic E-state index is 0.171. The molecule has 0 aliphatic heterocycles. The fraction of sp³-hybridized carbons (Fsp3) is 0.211. The van der Waals surface area contributed by atoms with Crippen LogP contribution in [0.3, 0.4) is 0 Å². The molecule has 0 bridgehead atoms. The van der Waals surface area contributed by atoms with Crippen LogP contribution < -0.4 is 14.8 Å². The zero-order valence-corrected chi connectivity index (χ0v) is 14.9. The van der Waals surface area contributed by atoms with E-state index < -0.39 is 0 Å². The van der Waals surface area contributed by atoms with Crippen molar-refractivity contribution in [1.29, 1.82) is 0 Å². The minimum Gasteiger partial charge on any atom is -0.493 e. The Labute approximate surface area is 147 Å². The van der Waals surface area contributed by atoms with Gasteiger partial charge in [0.25, 0.3) is 5.91 Å². The third kappa shape index (κ3) is 4.30. The molecule has 0 aliphatic carbocycles. The molecule has 1 N–H and O–H groups in total. The Hall–Kier alpha value is -2.46. The quantitative estimate of drug-likeness (QED) is 0.798. The molecule has 1 amide bonds. The third-order valence-corrected chi connectivity index (χ3v) is 3.82. The maximum Gasteiger partial charge on any atom is 0.251 e. The lowest BCUT2D eigenvalue weighted by Crippen LogP contribution is -2.13. The minimum atomic E-state index is -0.171. The molecule has 2 aromatic rings. The summed E-state index contributed by atoms with van der Waals surface area (Å²) in [6.45, 7) is 3.66. The summed E-state index contributed by atoms with van der Waals surface area (Å²) >= 11 is 5.93. The summed E-state index contributed by atoms with van der Waals surface area (Å²) in [5.41, 5.74) is 3.09. The molecule has 0 unspecified atom stereocenters. The Kier molecular flexibility index (Phi) is 5.88. The average molecular weight is 346 g/mol. The summed E-state index contributed by atoms with van der Waals surface area (Å²) in [4.78, 5) is 12.4. The SMILES string of the molecule is COc1ccc(/C=C(\C)C(=O)Nc2ccc(Cl)cc2C)cc1OC. The van der Waals surface area contributed by atoms with Gasteiger partial charge in [0.15, 0.2) is 11.5 Å². The van der Waals surface area contributed by atoms with Gasteiger partial charge in [0.1, 0.15) is 0 Å². The van der Waals surface area contributed by atoms with Crippen molar-refractivity contribution in [2.24, 2.45) is 0 Å². The predicted molar refractivity (Wildman–Crippen MR) is 98.0 cm³/mol. The molecule has 0 heterocycles. The molecule has 2 rings (SSSR count). The van der Waals surface area contributed by atoms with Gasteiger partial charge in [0.05, 0.1) is 14.2 Å². The lowest BCUT2D eigenvalue weighted by molar-refractivity contribution is -0.112. The zero-order valence-electron chi connectivity index (χ0n) is 14.1. The monoisotopic (exact) mass is 345 g/mol. The van der Waals surface area contributed by atoms with E-state index in [1.54, 1.807) is 45.4 Å². The molecule has 0 saturated heterocycles. The maximum atomic E-state index is 12.4. The highest BCUT2D eigenvalue weighted by atomic mass is 35.5. The standard InChI is InChI=1S/C19H20ClNO3/c1-12-10-15(20)6-7-16(12)21-19(22)13(2)9-14-5-8-17(23-3)18(11-14)24-4/h5-11H,1-4H3,(H,21,22)/b13-9+. The van der Waals surface area contributed by atoms with Crippen LogP contribution in [0.4, 0.5) is 5.69 Å². The summed E-state index contributed by atoms with van der Waals surface area (Å²) in [5, 5.41) is 3.53. The molecule has 4 nitrogen and oxygen atoms in total. The van der Waals surface area contributed by atoms with Crippen LogP contribution in [0.1, 0.15) is 18.1 Å². The van der Waals surface area contributed by atoms with Gasteiger partial charge in [0, 0.05) is 16.3 Å². The van der Waals surface area contributed by atoms with E-state index in [0.717, 1.165) is 16.8 Å². The van der Waals surface area contributed by atoms with Crippen molar-refractivity contribution in [3.63, 3.8) is 0 Å². The van der Waals surface area contributed by atoms with Gasteiger partial charge in [-0.1, -0.05) is 17.7 Å². The molecule has 0 saturated carbocycles. The van der Waals surface area contributed by atoms with Crippen LogP contribution in [-0.2, 0) is 4.79 Å². The number of carbonyl (C=O) groups excluding carboxylic acids is 1. The number of amides is 1. The van der Waals surface area contributed by atoms with Gasteiger partial charge in [-0.25, -0.2) is 0 Å². The predicted octanol–water partition coefficient (Wildman–Crippen LogP) is 4.71. The van der Waals surface area contributed by atoms with E-state index in [2.05, 4.69) is 5.32 Å². The van der Waals surface area contributed by atoms with E-state index in [1.165, 1.54) is 0 Å². The van der Waals surface area contributed by atoms with Crippen LogP contribution >= 0.6 is 11.6 Å². The molecule has 2 aromatic carbocycles. The van der Waals surface area contributed by atoms with Gasteiger partial charge in [-0.2, -0.15) is 0 Å². The molecular formula is C19H20ClNO3. The summed E-state index contributed by atoms with van der Waals surface area (Å²) in [6.07, 6.45) is 1.79. The molecule has 0 spiro atoms. The highest BCUT2D eigenvalue weighted by molar-refractivity contribution is 6.30. The van der Waals surface area contributed by atoms with Gasteiger partial charge in [0.2, 0.25) is 0 Å². The molecular weight excluding hydrogens is 326 g/mol. The van der Waals surface area contributed by atoms with E-state index in [1.807, 2.05) is 25.1 Å². The smallest absolute Gasteiger partial charge is 0.251 e. The van der Waals surface area contributed by atoms with Crippen LogP contribution in [0.5, 0.6) is 11.5 Å². The Balaban J connectivity index is 2.19. The number of carbonyl (C=O) groups is 1. The number of hydrogen-bond donors (Lipinski definition) is 1. The topological polar surface area (TPSA) is 47.6 Å². The van der Waals surface area contributed by atoms with E-state index in [9.17, 15) is 4.79 Å². The molecule has 0 aliphatic rings. The largest absolute Gasteiger partial charge is 0.493 e. The van der Waals surface area contributed by atoms with Crippen molar-refractivity contribution in [2.75, 3.05) is 19.5 Å². The molecule has 5 heteroatoms. The number of halogens is 1. The van der Waals surface area contributed by atoms with Crippen LogP contribution in [0.15, 0.2) is 42.0 Å². The van der Waals surface area contributed by atoms with Crippen molar-refractivity contribution in [3.8, 4) is 11.5 Å². The fourth-order valence-electron chi connectivity index (χ4n) is 2.25. The summed E-state index contributed by atoms with van der Waals surface area (Å²) in [7, 11) is 3.16. The summed E-state index contributed by atoms with van der Waals surface area (Å²) < 4.78 is 10.5. The van der Waals surface area contributed by atoms with Crippen molar-refractivity contribution < 1.29 is 14.3 Å². The average Bonchev–Trinajstić information content (AvgIpc) is 2.57. The van der Waals surface area contributed by atoms with Crippen molar-refractivity contribution in [2.45, 2.75) is 13.8 Å².